The van der Waals surface area contributed by atoms with Crippen molar-refractivity contribution in [3.05, 3.63) is 65.0 Å². The summed E-state index contributed by atoms with van der Waals surface area (Å²) in [6.45, 7) is 1.62. The van der Waals surface area contributed by atoms with E-state index in [1.165, 1.54) is 0 Å². The van der Waals surface area contributed by atoms with E-state index in [1.807, 2.05) is 30.3 Å². The quantitative estimate of drug-likeness (QED) is 0.745. The van der Waals surface area contributed by atoms with E-state index < -0.39 is 6.10 Å². The van der Waals surface area contributed by atoms with Gasteiger partial charge in [0, 0.05) is 50.1 Å². The fourth-order valence-corrected chi connectivity index (χ4v) is 3.67. The predicted molar refractivity (Wildman–Crippen MR) is 105 cm³/mol. The number of benzene rings is 1. The van der Waals surface area contributed by atoms with E-state index in [0.717, 1.165) is 28.7 Å². The number of carbonyl (C=O) groups excluding carboxylic acids is 2. The first kappa shape index (κ1) is 18.5. The van der Waals surface area contributed by atoms with E-state index in [-0.39, 0.29) is 11.6 Å². The number of carbonyl (C=O) groups is 2. The van der Waals surface area contributed by atoms with Crippen LogP contribution in [0.1, 0.15) is 33.5 Å². The Morgan fingerprint density at radius 3 is 2.75 bits per heavy atom. The highest BCUT2D eigenvalue weighted by atomic mass is 16.5. The topological polar surface area (TPSA) is 77.5 Å². The van der Waals surface area contributed by atoms with Crippen molar-refractivity contribution >= 4 is 22.9 Å². The molecule has 1 unspecified atom stereocenters. The van der Waals surface area contributed by atoms with Gasteiger partial charge in [-0.1, -0.05) is 12.1 Å². The van der Waals surface area contributed by atoms with Crippen molar-refractivity contribution in [3.8, 4) is 0 Å². The summed E-state index contributed by atoms with van der Waals surface area (Å²) in [5.74, 6) is 0.688. The van der Waals surface area contributed by atoms with E-state index in [0.29, 0.717) is 37.4 Å². The molecular formula is C22H22N2O4. The molecular weight excluding hydrogens is 356 g/mol. The first-order valence-electron chi connectivity index (χ1n) is 9.40. The molecule has 0 saturated carbocycles. The van der Waals surface area contributed by atoms with Crippen LogP contribution in [0.15, 0.2) is 42.7 Å². The van der Waals surface area contributed by atoms with Crippen molar-refractivity contribution in [1.82, 2.24) is 10.3 Å². The molecule has 0 bridgehead atoms. The van der Waals surface area contributed by atoms with Gasteiger partial charge in [0.25, 0.3) is 0 Å². The zero-order valence-corrected chi connectivity index (χ0v) is 15.7. The van der Waals surface area contributed by atoms with Crippen molar-refractivity contribution in [1.29, 1.82) is 0 Å². The average molecular weight is 378 g/mol. The molecule has 0 amide bonds. The lowest BCUT2D eigenvalue weighted by atomic mass is 9.96. The fraction of sp³-hybridized carbons (Fsp3) is 0.318. The maximum Gasteiger partial charge on any atom is 0.208 e. The Balaban J connectivity index is 1.68. The number of nitrogens with one attached hydrogen (secondary N) is 1. The number of ether oxygens (including phenoxy) is 2. The fourth-order valence-electron chi connectivity index (χ4n) is 3.67. The van der Waals surface area contributed by atoms with Crippen LogP contribution in [-0.4, -0.2) is 49.5 Å². The molecule has 4 rings (SSSR count). The number of hydrogen-bond donors (Lipinski definition) is 1. The number of nitrogens with zero attached hydrogens (tertiary/aromatic N) is 1. The monoisotopic (exact) mass is 378 g/mol. The van der Waals surface area contributed by atoms with Crippen molar-refractivity contribution in [3.63, 3.8) is 0 Å². The van der Waals surface area contributed by atoms with Crippen LogP contribution in [0.2, 0.25) is 0 Å². The molecule has 1 atom stereocenters. The summed E-state index contributed by atoms with van der Waals surface area (Å²) in [7, 11) is 1.64. The predicted octanol–water partition coefficient (Wildman–Crippen LogP) is 2.28. The minimum atomic E-state index is -0.593. The Hall–Kier alpha value is -2.83. The molecule has 1 aliphatic carbocycles. The number of methoxy groups -OCH3 is 1. The third-order valence-corrected chi connectivity index (χ3v) is 5.10. The molecule has 6 nitrogen and oxygen atoms in total. The minimum Gasteiger partial charge on any atom is -0.479 e. The highest BCUT2D eigenvalue weighted by molar-refractivity contribution is 6.31. The number of pyridine rings is 1. The second-order valence-corrected chi connectivity index (χ2v) is 6.90. The van der Waals surface area contributed by atoms with Gasteiger partial charge < -0.3 is 14.8 Å². The van der Waals surface area contributed by atoms with Crippen LogP contribution < -0.4 is 5.32 Å². The van der Waals surface area contributed by atoms with Crippen LogP contribution in [0.25, 0.3) is 11.3 Å². The van der Waals surface area contributed by atoms with E-state index in [4.69, 9.17) is 9.47 Å². The molecule has 0 fully saturated rings. The number of hydrogen-bond acceptors (Lipinski definition) is 6. The average Bonchev–Trinajstić information content (AvgIpc) is 3.26. The van der Waals surface area contributed by atoms with Crippen molar-refractivity contribution in [2.24, 2.45) is 0 Å². The van der Waals surface area contributed by atoms with Crippen molar-refractivity contribution in [2.75, 3.05) is 26.8 Å². The summed E-state index contributed by atoms with van der Waals surface area (Å²) in [6.07, 6.45) is 4.01. The van der Waals surface area contributed by atoms with Gasteiger partial charge in [0.2, 0.25) is 5.78 Å². The second kappa shape index (κ2) is 8.04. The zero-order chi connectivity index (χ0) is 19.5. The standard InChI is InChI=1S/C22H22N2O4/c1-27-11-10-24-13-19-21(26)20(14-6-8-23-9-7-14)22(28-19)16-2-4-17-15(12-16)3-5-18(17)25/h2,4,6-9,12,19,24H,3,5,10-11,13H2,1H3. The Bertz CT molecular complexity index is 937. The van der Waals surface area contributed by atoms with E-state index >= 15 is 0 Å². The third kappa shape index (κ3) is 3.48. The van der Waals surface area contributed by atoms with Gasteiger partial charge in [-0.2, -0.15) is 0 Å². The second-order valence-electron chi connectivity index (χ2n) is 6.90. The molecule has 1 N–H and O–H groups in total. The smallest absolute Gasteiger partial charge is 0.208 e. The summed E-state index contributed by atoms with van der Waals surface area (Å²) in [4.78, 5) is 29.1. The highest BCUT2D eigenvalue weighted by Gasteiger charge is 2.36. The number of Topliss-reactive ketones (excluding diaryl/α,β-unsaturated/α-hetero) is 2. The number of aryl methyl sites for hydroxylation is 1. The SMILES string of the molecule is COCCNCC1OC(c2ccc3c(c2)CCC3=O)=C(c2ccncc2)C1=O. The molecule has 0 radical (unpaired) electrons. The lowest BCUT2D eigenvalue weighted by Crippen LogP contribution is -2.33. The molecule has 1 aromatic carbocycles. The molecule has 2 heterocycles. The highest BCUT2D eigenvalue weighted by Crippen LogP contribution is 2.37. The van der Waals surface area contributed by atoms with Crippen LogP contribution in [0.5, 0.6) is 0 Å². The number of rotatable bonds is 7. The van der Waals surface area contributed by atoms with Gasteiger partial charge in [0.05, 0.1) is 12.2 Å². The summed E-state index contributed by atoms with van der Waals surface area (Å²) >= 11 is 0. The minimum absolute atomic E-state index is 0.0531. The van der Waals surface area contributed by atoms with E-state index in [2.05, 4.69) is 10.3 Å². The Labute approximate surface area is 163 Å². The van der Waals surface area contributed by atoms with Crippen LogP contribution >= 0.6 is 0 Å². The number of aromatic nitrogens is 1. The zero-order valence-electron chi connectivity index (χ0n) is 15.7. The number of ketones is 2. The van der Waals surface area contributed by atoms with Crippen LogP contribution in [0.3, 0.4) is 0 Å². The van der Waals surface area contributed by atoms with Crippen molar-refractivity contribution in [2.45, 2.75) is 18.9 Å². The molecule has 2 aliphatic rings. The molecule has 6 heteroatoms. The lowest BCUT2D eigenvalue weighted by molar-refractivity contribution is -0.119. The van der Waals surface area contributed by atoms with Crippen molar-refractivity contribution < 1.29 is 19.1 Å². The van der Waals surface area contributed by atoms with Crippen LogP contribution in [0.4, 0.5) is 0 Å². The van der Waals surface area contributed by atoms with E-state index in [9.17, 15) is 9.59 Å². The summed E-state index contributed by atoms with van der Waals surface area (Å²) in [5, 5.41) is 3.20. The Morgan fingerprint density at radius 2 is 1.96 bits per heavy atom. The molecule has 0 spiro atoms. The van der Waals surface area contributed by atoms with Gasteiger partial charge >= 0.3 is 0 Å². The molecule has 1 aliphatic heterocycles. The van der Waals surface area contributed by atoms with Gasteiger partial charge in [-0.25, -0.2) is 0 Å². The number of fused-ring (bicyclic) bond motifs is 1. The molecule has 144 valence electrons. The van der Waals surface area contributed by atoms with Crippen LogP contribution in [0, 0.1) is 0 Å². The summed E-state index contributed by atoms with van der Waals surface area (Å²) in [5.41, 5.74) is 3.96. The first-order valence-corrected chi connectivity index (χ1v) is 9.40. The normalized spacial score (nSPS) is 18.5. The molecule has 28 heavy (non-hydrogen) atoms. The van der Waals surface area contributed by atoms with Crippen LogP contribution in [-0.2, 0) is 20.7 Å². The Kier molecular flexibility index (Phi) is 5.32. The molecule has 0 saturated heterocycles. The maximum atomic E-state index is 13.1. The molecule has 2 aromatic rings. The van der Waals surface area contributed by atoms with E-state index in [1.54, 1.807) is 19.5 Å². The van der Waals surface area contributed by atoms with Gasteiger partial charge in [0.15, 0.2) is 11.9 Å². The largest absolute Gasteiger partial charge is 0.479 e. The maximum absolute atomic E-state index is 13.1. The first-order chi connectivity index (χ1) is 13.7. The Morgan fingerprint density at radius 1 is 1.14 bits per heavy atom. The van der Waals surface area contributed by atoms with Gasteiger partial charge in [0.1, 0.15) is 5.76 Å². The lowest BCUT2D eigenvalue weighted by Gasteiger charge is -2.13. The van der Waals surface area contributed by atoms with Gasteiger partial charge in [-0.3, -0.25) is 14.6 Å². The summed E-state index contributed by atoms with van der Waals surface area (Å²) < 4.78 is 11.1. The third-order valence-electron chi connectivity index (χ3n) is 5.10. The van der Waals surface area contributed by atoms with Gasteiger partial charge in [-0.15, -0.1) is 0 Å². The summed E-state index contributed by atoms with van der Waals surface area (Å²) in [6, 6.07) is 9.31. The van der Waals surface area contributed by atoms with Gasteiger partial charge in [-0.05, 0) is 35.7 Å². The molecule has 1 aromatic heterocycles.